The smallest absolute Gasteiger partial charge is 0.414 e. The molecule has 0 bridgehead atoms. The number of hydrogen-bond donors (Lipinski definition) is 1. The highest BCUT2D eigenvalue weighted by atomic mass is 79.9. The second kappa shape index (κ2) is 5.72. The third kappa shape index (κ3) is 2.99. The maximum atomic E-state index is 13.5. The molecule has 21 heavy (non-hydrogen) atoms. The van der Waals surface area contributed by atoms with E-state index < -0.39 is 11.9 Å². The van der Waals surface area contributed by atoms with E-state index in [1.165, 1.54) is 17.2 Å². The second-order valence-corrected chi connectivity index (χ2v) is 5.33. The molecule has 1 atom stereocenters. The average Bonchev–Trinajstić information content (AvgIpc) is 3.09. The monoisotopic (exact) mass is 355 g/mol. The Kier molecular flexibility index (Phi) is 3.78. The summed E-state index contributed by atoms with van der Waals surface area (Å²) in [4.78, 5) is 13.2. The van der Waals surface area contributed by atoms with Crippen LogP contribution >= 0.6 is 15.9 Å². The standard InChI is InChI=1S/C13H11BrFN3O3/c14-10-2-1-8(5-11(10)15)18-7-9(21-13(18)19)6-16-12-3-4-20-17-12/h1-5,9H,6-7H2,(H,16,17)/t9-/m0/s1. The Morgan fingerprint density at radius 2 is 2.33 bits per heavy atom. The summed E-state index contributed by atoms with van der Waals surface area (Å²) in [6.07, 6.45) is 0.601. The van der Waals surface area contributed by atoms with E-state index in [9.17, 15) is 9.18 Å². The van der Waals surface area contributed by atoms with Crippen LogP contribution in [-0.2, 0) is 4.74 Å². The Morgan fingerprint density at radius 1 is 1.48 bits per heavy atom. The first-order valence-electron chi connectivity index (χ1n) is 6.21. The number of cyclic esters (lactones) is 1. The molecular formula is C13H11BrFN3O3. The number of rotatable bonds is 4. The molecule has 0 saturated carbocycles. The van der Waals surface area contributed by atoms with Crippen molar-refractivity contribution in [1.29, 1.82) is 0 Å². The van der Waals surface area contributed by atoms with Gasteiger partial charge in [0.2, 0.25) is 0 Å². The highest BCUT2D eigenvalue weighted by Crippen LogP contribution is 2.26. The average molecular weight is 356 g/mol. The lowest BCUT2D eigenvalue weighted by Crippen LogP contribution is -2.27. The Balaban J connectivity index is 1.65. The largest absolute Gasteiger partial charge is 0.442 e. The van der Waals surface area contributed by atoms with E-state index in [0.717, 1.165) is 0 Å². The molecule has 8 heteroatoms. The van der Waals surface area contributed by atoms with E-state index in [2.05, 4.69) is 30.9 Å². The molecule has 3 rings (SSSR count). The first-order valence-corrected chi connectivity index (χ1v) is 7.00. The van der Waals surface area contributed by atoms with E-state index in [1.807, 2.05) is 0 Å². The van der Waals surface area contributed by atoms with E-state index >= 15 is 0 Å². The van der Waals surface area contributed by atoms with Crippen LogP contribution in [-0.4, -0.2) is 30.4 Å². The van der Waals surface area contributed by atoms with Crippen molar-refractivity contribution >= 4 is 33.5 Å². The van der Waals surface area contributed by atoms with Crippen LogP contribution < -0.4 is 10.2 Å². The Morgan fingerprint density at radius 3 is 3.05 bits per heavy atom. The molecular weight excluding hydrogens is 345 g/mol. The molecule has 0 spiro atoms. The molecule has 1 aromatic heterocycles. The van der Waals surface area contributed by atoms with Crippen LogP contribution in [0.4, 0.5) is 20.7 Å². The van der Waals surface area contributed by atoms with E-state index in [-0.39, 0.29) is 6.10 Å². The van der Waals surface area contributed by atoms with Crippen molar-refractivity contribution in [2.45, 2.75) is 6.10 Å². The van der Waals surface area contributed by atoms with E-state index in [4.69, 9.17) is 4.74 Å². The number of nitrogens with one attached hydrogen (secondary N) is 1. The van der Waals surface area contributed by atoms with Gasteiger partial charge in [-0.15, -0.1) is 0 Å². The van der Waals surface area contributed by atoms with Crippen LogP contribution in [0.1, 0.15) is 0 Å². The first-order chi connectivity index (χ1) is 10.1. The maximum absolute atomic E-state index is 13.5. The van der Waals surface area contributed by atoms with Gasteiger partial charge in [0.1, 0.15) is 18.2 Å². The van der Waals surface area contributed by atoms with Gasteiger partial charge >= 0.3 is 6.09 Å². The zero-order valence-electron chi connectivity index (χ0n) is 10.8. The molecule has 1 N–H and O–H groups in total. The third-order valence-corrected chi connectivity index (χ3v) is 3.68. The van der Waals surface area contributed by atoms with Crippen molar-refractivity contribution < 1.29 is 18.4 Å². The SMILES string of the molecule is O=C1O[C@@H](CNc2ccon2)CN1c1ccc(Br)c(F)c1. The molecule has 0 aliphatic carbocycles. The summed E-state index contributed by atoms with van der Waals surface area (Å²) >= 11 is 3.08. The van der Waals surface area contributed by atoms with Gasteiger partial charge in [-0.25, -0.2) is 9.18 Å². The summed E-state index contributed by atoms with van der Waals surface area (Å²) in [7, 11) is 0. The Labute approximate surface area is 128 Å². The molecule has 110 valence electrons. The van der Waals surface area contributed by atoms with E-state index in [1.54, 1.807) is 18.2 Å². The number of amides is 1. The fraction of sp³-hybridized carbons (Fsp3) is 0.231. The topological polar surface area (TPSA) is 67.6 Å². The predicted octanol–water partition coefficient (Wildman–Crippen LogP) is 3.01. The Hall–Kier alpha value is -2.09. The zero-order valence-corrected chi connectivity index (χ0v) is 12.3. The molecule has 1 aliphatic rings. The number of ether oxygens (including phenoxy) is 1. The maximum Gasteiger partial charge on any atom is 0.414 e. The molecule has 2 aromatic rings. The highest BCUT2D eigenvalue weighted by Gasteiger charge is 2.32. The first kappa shape index (κ1) is 13.9. The van der Waals surface area contributed by atoms with Crippen molar-refractivity contribution in [2.24, 2.45) is 0 Å². The zero-order chi connectivity index (χ0) is 14.8. The van der Waals surface area contributed by atoms with Gasteiger partial charge in [-0.1, -0.05) is 5.16 Å². The van der Waals surface area contributed by atoms with Gasteiger partial charge in [0.25, 0.3) is 0 Å². The van der Waals surface area contributed by atoms with Crippen LogP contribution in [0.3, 0.4) is 0 Å². The quantitative estimate of drug-likeness (QED) is 0.912. The van der Waals surface area contributed by atoms with E-state index in [0.29, 0.717) is 29.1 Å². The van der Waals surface area contributed by atoms with Gasteiger partial charge in [0, 0.05) is 6.07 Å². The Bertz CT molecular complexity index is 650. The minimum absolute atomic E-state index is 0.338. The number of anilines is 2. The lowest BCUT2D eigenvalue weighted by Gasteiger charge is -2.13. The van der Waals surface area contributed by atoms with Crippen molar-refractivity contribution in [3.05, 3.63) is 40.8 Å². The predicted molar refractivity (Wildman–Crippen MR) is 76.7 cm³/mol. The van der Waals surface area contributed by atoms with Crippen LogP contribution in [0.5, 0.6) is 0 Å². The molecule has 1 saturated heterocycles. The summed E-state index contributed by atoms with van der Waals surface area (Å²) in [5.74, 6) is 0.142. The van der Waals surface area contributed by atoms with Gasteiger partial charge < -0.3 is 14.6 Å². The van der Waals surface area contributed by atoms with Crippen molar-refractivity contribution in [3.8, 4) is 0 Å². The van der Waals surface area contributed by atoms with Crippen molar-refractivity contribution in [3.63, 3.8) is 0 Å². The number of hydrogen-bond acceptors (Lipinski definition) is 5. The summed E-state index contributed by atoms with van der Waals surface area (Å²) in [6, 6.07) is 6.16. The summed E-state index contributed by atoms with van der Waals surface area (Å²) < 4.78 is 23.8. The lowest BCUT2D eigenvalue weighted by atomic mass is 10.2. The number of aromatic nitrogens is 1. The van der Waals surface area contributed by atoms with Crippen molar-refractivity contribution in [1.82, 2.24) is 5.16 Å². The number of halogens is 2. The van der Waals surface area contributed by atoms with Crippen LogP contribution in [0.2, 0.25) is 0 Å². The minimum Gasteiger partial charge on any atom is -0.442 e. The molecule has 0 radical (unpaired) electrons. The second-order valence-electron chi connectivity index (χ2n) is 4.48. The molecule has 6 nitrogen and oxygen atoms in total. The molecule has 1 fully saturated rings. The van der Waals surface area contributed by atoms with Gasteiger partial charge in [-0.3, -0.25) is 4.90 Å². The fourth-order valence-electron chi connectivity index (χ4n) is 2.01. The third-order valence-electron chi connectivity index (χ3n) is 3.04. The number of benzene rings is 1. The molecule has 1 amide bonds. The summed E-state index contributed by atoms with van der Waals surface area (Å²) in [5.41, 5.74) is 0.463. The number of carbonyl (C=O) groups excluding carboxylic acids is 1. The number of nitrogens with zero attached hydrogens (tertiary/aromatic N) is 2. The molecule has 1 aromatic carbocycles. The molecule has 2 heterocycles. The molecule has 0 unspecified atom stereocenters. The fourth-order valence-corrected chi connectivity index (χ4v) is 2.26. The van der Waals surface area contributed by atoms with Gasteiger partial charge in [-0.2, -0.15) is 0 Å². The van der Waals surface area contributed by atoms with Gasteiger partial charge in [0.15, 0.2) is 5.82 Å². The van der Waals surface area contributed by atoms with Crippen molar-refractivity contribution in [2.75, 3.05) is 23.3 Å². The van der Waals surface area contributed by atoms with Crippen LogP contribution in [0.15, 0.2) is 39.5 Å². The normalized spacial score (nSPS) is 17.9. The minimum atomic E-state index is -0.497. The highest BCUT2D eigenvalue weighted by molar-refractivity contribution is 9.10. The van der Waals surface area contributed by atoms with Gasteiger partial charge in [0.05, 0.1) is 23.2 Å². The van der Waals surface area contributed by atoms with Gasteiger partial charge in [-0.05, 0) is 34.1 Å². The number of carbonyl (C=O) groups is 1. The summed E-state index contributed by atoms with van der Waals surface area (Å²) in [5, 5.41) is 6.69. The lowest BCUT2D eigenvalue weighted by molar-refractivity contribution is 0.147. The molecule has 1 aliphatic heterocycles. The van der Waals surface area contributed by atoms with Crippen LogP contribution in [0.25, 0.3) is 0 Å². The van der Waals surface area contributed by atoms with Crippen LogP contribution in [0, 0.1) is 5.82 Å². The summed E-state index contributed by atoms with van der Waals surface area (Å²) in [6.45, 7) is 0.735.